The van der Waals surface area contributed by atoms with E-state index in [0.717, 1.165) is 17.5 Å². The van der Waals surface area contributed by atoms with Gasteiger partial charge in [-0.25, -0.2) is 4.39 Å². The highest BCUT2D eigenvalue weighted by molar-refractivity contribution is 5.84. The fourth-order valence-electron chi connectivity index (χ4n) is 2.50. The summed E-state index contributed by atoms with van der Waals surface area (Å²) in [5.74, 6) is -0.197. The molecule has 0 unspecified atom stereocenters. The van der Waals surface area contributed by atoms with Crippen molar-refractivity contribution in [2.24, 2.45) is 0 Å². The molecule has 0 amide bonds. The van der Waals surface area contributed by atoms with E-state index in [4.69, 9.17) is 0 Å². The molecule has 0 spiro atoms. The normalized spacial score (nSPS) is 12.5. The lowest BCUT2D eigenvalue weighted by atomic mass is 10.0. The average Bonchev–Trinajstić information content (AvgIpc) is 2.52. The largest absolute Gasteiger partial charge is 0.306 e. The van der Waals surface area contributed by atoms with Gasteiger partial charge in [-0.2, -0.15) is 0 Å². The molecular weight excluding hydrogens is 263 g/mol. The Bertz CT molecular complexity index is 750. The minimum Gasteiger partial charge on any atom is -0.306 e. The molecule has 0 radical (unpaired) electrons. The van der Waals surface area contributed by atoms with Crippen LogP contribution in [0, 0.1) is 5.82 Å². The Hall–Kier alpha value is -2.26. The SMILES string of the molecule is C[C@@H](NCc1cccc2cnccc12)c1cccc(F)c1. The molecule has 1 atom stereocenters. The number of halogens is 1. The summed E-state index contributed by atoms with van der Waals surface area (Å²) >= 11 is 0. The number of rotatable bonds is 4. The van der Waals surface area contributed by atoms with E-state index < -0.39 is 0 Å². The Balaban J connectivity index is 1.77. The van der Waals surface area contributed by atoms with Gasteiger partial charge in [-0.3, -0.25) is 4.98 Å². The first-order valence-corrected chi connectivity index (χ1v) is 7.04. The number of aromatic nitrogens is 1. The third kappa shape index (κ3) is 3.09. The summed E-state index contributed by atoms with van der Waals surface area (Å²) in [5, 5.41) is 5.78. The number of pyridine rings is 1. The molecule has 0 bridgehead atoms. The summed E-state index contributed by atoms with van der Waals surface area (Å²) in [7, 11) is 0. The van der Waals surface area contributed by atoms with Crippen LogP contribution in [0.1, 0.15) is 24.1 Å². The minimum atomic E-state index is -0.197. The lowest BCUT2D eigenvalue weighted by Crippen LogP contribution is -2.18. The smallest absolute Gasteiger partial charge is 0.123 e. The zero-order valence-corrected chi connectivity index (χ0v) is 11.9. The van der Waals surface area contributed by atoms with Gasteiger partial charge in [0, 0.05) is 30.4 Å². The number of benzene rings is 2. The summed E-state index contributed by atoms with van der Waals surface area (Å²) in [4.78, 5) is 4.14. The molecule has 2 nitrogen and oxygen atoms in total. The minimum absolute atomic E-state index is 0.0952. The van der Waals surface area contributed by atoms with E-state index in [1.165, 1.54) is 17.0 Å². The van der Waals surface area contributed by atoms with Crippen LogP contribution < -0.4 is 5.32 Å². The fourth-order valence-corrected chi connectivity index (χ4v) is 2.50. The van der Waals surface area contributed by atoms with E-state index in [1.54, 1.807) is 12.1 Å². The van der Waals surface area contributed by atoms with Crippen molar-refractivity contribution in [3.63, 3.8) is 0 Å². The molecule has 1 aromatic heterocycles. The topological polar surface area (TPSA) is 24.9 Å². The third-order valence-corrected chi connectivity index (χ3v) is 3.72. The molecule has 0 aliphatic carbocycles. The van der Waals surface area contributed by atoms with Crippen molar-refractivity contribution in [3.8, 4) is 0 Å². The monoisotopic (exact) mass is 280 g/mol. The first-order valence-electron chi connectivity index (χ1n) is 7.04. The van der Waals surface area contributed by atoms with E-state index in [-0.39, 0.29) is 11.9 Å². The van der Waals surface area contributed by atoms with Gasteiger partial charge in [0.2, 0.25) is 0 Å². The molecule has 0 saturated carbocycles. The van der Waals surface area contributed by atoms with Crippen LogP contribution in [0.4, 0.5) is 4.39 Å². The molecule has 0 aliphatic rings. The number of nitrogens with zero attached hydrogens (tertiary/aromatic N) is 1. The molecule has 3 aromatic rings. The summed E-state index contributed by atoms with van der Waals surface area (Å²) in [6.07, 6.45) is 3.68. The molecule has 0 saturated heterocycles. The third-order valence-electron chi connectivity index (χ3n) is 3.72. The Labute approximate surface area is 123 Å². The highest BCUT2D eigenvalue weighted by atomic mass is 19.1. The summed E-state index contributed by atoms with van der Waals surface area (Å²) in [6, 6.07) is 15.0. The number of nitrogens with one attached hydrogen (secondary N) is 1. The maximum absolute atomic E-state index is 13.3. The second kappa shape index (κ2) is 6.02. The van der Waals surface area contributed by atoms with Gasteiger partial charge in [-0.05, 0) is 41.6 Å². The van der Waals surface area contributed by atoms with Crippen molar-refractivity contribution in [3.05, 3.63) is 77.9 Å². The van der Waals surface area contributed by atoms with Gasteiger partial charge in [0.1, 0.15) is 5.82 Å². The van der Waals surface area contributed by atoms with Crippen LogP contribution in [0.15, 0.2) is 60.9 Å². The number of hydrogen-bond acceptors (Lipinski definition) is 2. The summed E-state index contributed by atoms with van der Waals surface area (Å²) in [5.41, 5.74) is 2.18. The van der Waals surface area contributed by atoms with E-state index in [9.17, 15) is 4.39 Å². The van der Waals surface area contributed by atoms with Gasteiger partial charge in [0.05, 0.1) is 0 Å². The number of fused-ring (bicyclic) bond motifs is 1. The standard InChI is InChI=1S/C18H17FN2/c1-13(14-4-3-7-17(19)10-14)21-12-16-6-2-5-15-11-20-9-8-18(15)16/h2-11,13,21H,12H2,1H3/t13-/m1/s1. The van der Waals surface area contributed by atoms with Crippen LogP contribution in [0.5, 0.6) is 0 Å². The first-order chi connectivity index (χ1) is 10.2. The Morgan fingerprint density at radius 2 is 2.00 bits per heavy atom. The average molecular weight is 280 g/mol. The van der Waals surface area contributed by atoms with Crippen molar-refractivity contribution >= 4 is 10.8 Å². The van der Waals surface area contributed by atoms with Gasteiger partial charge >= 0.3 is 0 Å². The van der Waals surface area contributed by atoms with Crippen molar-refractivity contribution in [1.82, 2.24) is 10.3 Å². The molecule has 1 heterocycles. The maximum Gasteiger partial charge on any atom is 0.123 e. The molecule has 106 valence electrons. The van der Waals surface area contributed by atoms with E-state index >= 15 is 0 Å². The highest BCUT2D eigenvalue weighted by Crippen LogP contribution is 2.19. The zero-order chi connectivity index (χ0) is 14.7. The first kappa shape index (κ1) is 13.7. The van der Waals surface area contributed by atoms with Gasteiger partial charge < -0.3 is 5.32 Å². The summed E-state index contributed by atoms with van der Waals surface area (Å²) in [6.45, 7) is 2.78. The lowest BCUT2D eigenvalue weighted by Gasteiger charge is -2.15. The van der Waals surface area contributed by atoms with Crippen LogP contribution >= 0.6 is 0 Å². The second-order valence-electron chi connectivity index (χ2n) is 5.17. The van der Waals surface area contributed by atoms with E-state index in [2.05, 4.69) is 22.4 Å². The van der Waals surface area contributed by atoms with Crippen LogP contribution in [0.2, 0.25) is 0 Å². The molecule has 0 aliphatic heterocycles. The molecule has 1 N–H and O–H groups in total. The fraction of sp³-hybridized carbons (Fsp3) is 0.167. The van der Waals surface area contributed by atoms with Crippen molar-refractivity contribution in [2.45, 2.75) is 19.5 Å². The van der Waals surface area contributed by atoms with Crippen molar-refractivity contribution in [2.75, 3.05) is 0 Å². The molecular formula is C18H17FN2. The van der Waals surface area contributed by atoms with Gasteiger partial charge in [0.15, 0.2) is 0 Å². The molecule has 21 heavy (non-hydrogen) atoms. The molecule has 2 aromatic carbocycles. The van der Waals surface area contributed by atoms with E-state index in [0.29, 0.717) is 0 Å². The van der Waals surface area contributed by atoms with Crippen LogP contribution in [-0.2, 0) is 6.54 Å². The lowest BCUT2D eigenvalue weighted by molar-refractivity contribution is 0.566. The Kier molecular flexibility index (Phi) is 3.93. The van der Waals surface area contributed by atoms with Gasteiger partial charge in [-0.1, -0.05) is 30.3 Å². The highest BCUT2D eigenvalue weighted by Gasteiger charge is 2.07. The zero-order valence-electron chi connectivity index (χ0n) is 11.9. The second-order valence-corrected chi connectivity index (χ2v) is 5.17. The predicted octanol–water partition coefficient (Wildman–Crippen LogP) is 4.22. The number of hydrogen-bond donors (Lipinski definition) is 1. The molecule has 3 heteroatoms. The van der Waals surface area contributed by atoms with Crippen molar-refractivity contribution in [1.29, 1.82) is 0 Å². The maximum atomic E-state index is 13.3. The quantitative estimate of drug-likeness (QED) is 0.773. The molecule has 0 fully saturated rings. The van der Waals surface area contributed by atoms with E-state index in [1.807, 2.05) is 37.5 Å². The van der Waals surface area contributed by atoms with Crippen LogP contribution in [0.25, 0.3) is 10.8 Å². The Morgan fingerprint density at radius 3 is 2.86 bits per heavy atom. The molecule has 3 rings (SSSR count). The predicted molar refractivity (Wildman–Crippen MR) is 83.4 cm³/mol. The summed E-state index contributed by atoms with van der Waals surface area (Å²) < 4.78 is 13.3. The van der Waals surface area contributed by atoms with Crippen LogP contribution in [-0.4, -0.2) is 4.98 Å². The van der Waals surface area contributed by atoms with Gasteiger partial charge in [-0.15, -0.1) is 0 Å². The van der Waals surface area contributed by atoms with Crippen molar-refractivity contribution < 1.29 is 4.39 Å². The van der Waals surface area contributed by atoms with Gasteiger partial charge in [0.25, 0.3) is 0 Å². The Morgan fingerprint density at radius 1 is 1.14 bits per heavy atom. The van der Waals surface area contributed by atoms with Crippen LogP contribution in [0.3, 0.4) is 0 Å².